The fourth-order valence-corrected chi connectivity index (χ4v) is 5.49. The Hall–Kier alpha value is -0.447. The molecule has 2 atom stereocenters. The summed E-state index contributed by atoms with van der Waals surface area (Å²) in [7, 11) is 14.7. The fourth-order valence-electron chi connectivity index (χ4n) is 5.49. The van der Waals surface area contributed by atoms with E-state index in [2.05, 4.69) is 42.2 Å². The Kier molecular flexibility index (Phi) is 18.0. The smallest absolute Gasteiger partial charge is 0.358 e. The molecule has 7 heteroatoms. The van der Waals surface area contributed by atoms with Gasteiger partial charge in [0.2, 0.25) is 0 Å². The minimum atomic E-state index is -1.36. The minimum Gasteiger partial charge on any atom is -0.358 e. The van der Waals surface area contributed by atoms with Gasteiger partial charge in [0.1, 0.15) is 11.6 Å². The fraction of sp³-hybridized carbons (Fsp3) is 0.607. The van der Waals surface area contributed by atoms with Gasteiger partial charge in [-0.25, -0.2) is 0 Å². The van der Waals surface area contributed by atoms with Crippen LogP contribution in [0.15, 0.2) is 37.5 Å². The number of ketones is 2. The number of carbonyl (C=O) groups excluding carboxylic acids is 2. The molecule has 2 heterocycles. The monoisotopic (exact) mass is 616 g/mol. The summed E-state index contributed by atoms with van der Waals surface area (Å²) in [5, 5.41) is 0. The van der Waals surface area contributed by atoms with Gasteiger partial charge in [-0.15, -0.1) is 13.2 Å². The van der Waals surface area contributed by atoms with Gasteiger partial charge in [-0.3, -0.25) is 19.4 Å². The summed E-state index contributed by atoms with van der Waals surface area (Å²) in [5.41, 5.74) is 0.597. The average Bonchev–Trinajstić information content (AvgIpc) is 3.41. The van der Waals surface area contributed by atoms with Gasteiger partial charge < -0.3 is 14.9 Å². The number of nitrogens with zero attached hydrogens (tertiary/aromatic N) is 2. The average molecular weight is 617 g/mol. The van der Waals surface area contributed by atoms with E-state index in [4.69, 9.17) is 19.4 Å². The molecule has 0 unspecified atom stereocenters. The first-order valence-corrected chi connectivity index (χ1v) is 17.0. The molecule has 206 valence electrons. The molecule has 1 aliphatic carbocycles. The molecule has 1 spiro atoms. The van der Waals surface area contributed by atoms with Crippen LogP contribution in [-0.4, -0.2) is 65.2 Å². The van der Waals surface area contributed by atoms with E-state index in [9.17, 15) is 9.59 Å². The van der Waals surface area contributed by atoms with Gasteiger partial charge in [0.05, 0.1) is 12.1 Å². The molecule has 3 rings (SSSR count). The van der Waals surface area contributed by atoms with E-state index < -0.39 is 13.5 Å². The first-order valence-electron chi connectivity index (χ1n) is 11.5. The van der Waals surface area contributed by atoms with Gasteiger partial charge in [-0.1, -0.05) is 24.3 Å². The Balaban J connectivity index is 0. The molecule has 0 saturated carbocycles. The zero-order valence-corrected chi connectivity index (χ0v) is 26.2. The number of hydrogen-bond acceptors (Lipinski definition) is 4. The first-order chi connectivity index (χ1) is 15.4. The van der Waals surface area contributed by atoms with Gasteiger partial charge >= 0.3 is 44.4 Å². The number of hydrogen-bond donors (Lipinski definition) is 0. The van der Waals surface area contributed by atoms with Crippen LogP contribution in [0.2, 0.25) is 0 Å². The van der Waals surface area contributed by atoms with E-state index in [0.717, 1.165) is 38.8 Å². The van der Waals surface area contributed by atoms with Crippen molar-refractivity contribution in [3.63, 3.8) is 0 Å². The molecular weight excluding hydrogens is 568 g/mol. The molecule has 0 radical (unpaired) electrons. The van der Waals surface area contributed by atoms with Crippen molar-refractivity contribution < 1.29 is 23.1 Å². The molecule has 0 amide bonds. The molecular formula is C28H48Cl2N2O2Ru-2. The van der Waals surface area contributed by atoms with Crippen LogP contribution in [-0.2, 0) is 23.1 Å². The number of halogens is 2. The molecule has 2 fully saturated rings. The van der Waals surface area contributed by atoms with Crippen LogP contribution >= 0.6 is 19.4 Å². The molecule has 2 aliphatic heterocycles. The third-order valence-corrected chi connectivity index (χ3v) is 9.59. The van der Waals surface area contributed by atoms with Crippen LogP contribution in [0, 0.1) is 25.7 Å². The molecule has 4 nitrogen and oxygen atoms in total. The Morgan fingerprint density at radius 1 is 0.943 bits per heavy atom. The predicted molar refractivity (Wildman–Crippen MR) is 153 cm³/mol. The number of Topliss-reactive ketones (excluding diaryl/α,β-unsaturated/α-hetero) is 2. The molecule has 3 aliphatic rings. The Morgan fingerprint density at radius 2 is 1.34 bits per heavy atom. The van der Waals surface area contributed by atoms with Gasteiger partial charge in [0.15, 0.2) is 0 Å². The second-order valence-electron chi connectivity index (χ2n) is 9.77. The van der Waals surface area contributed by atoms with Crippen molar-refractivity contribution in [1.82, 2.24) is 9.80 Å². The topological polar surface area (TPSA) is 40.6 Å². The Labute approximate surface area is 229 Å². The predicted octanol–water partition coefficient (Wildman–Crippen LogP) is 6.67. The summed E-state index contributed by atoms with van der Waals surface area (Å²) in [5.74, 6) is 0.596. The van der Waals surface area contributed by atoms with Gasteiger partial charge in [-0.2, -0.15) is 0 Å². The maximum absolute atomic E-state index is 11.5. The molecule has 0 aromatic carbocycles. The van der Waals surface area contributed by atoms with E-state index in [1.165, 1.54) is 12.8 Å². The van der Waals surface area contributed by atoms with Crippen molar-refractivity contribution in [1.29, 1.82) is 0 Å². The van der Waals surface area contributed by atoms with Crippen LogP contribution in [0.1, 0.15) is 59.3 Å². The molecule has 35 heavy (non-hydrogen) atoms. The van der Waals surface area contributed by atoms with Gasteiger partial charge in [0, 0.05) is 13.1 Å². The standard InChI is InChI=1S/C13H21NO.C11H17NO.C2H4.2CH3.2ClH.Ru/c1-5-7-13(8-6-2)9-12(11(3)15)14(4)10-13;1-9(13)10-7-11(8-12(10)2)5-3-4-6-11;1-2;;;;;/h5-6,12H,1-2,7-10H2,3-4H3;3-4,10H,5-8H2,1-2H3;1H,2H3;2*1H3;2*1H;/q;;;2*-1;;;+2/p-2/t12-;10-;;;;;;/m00....../s1. The van der Waals surface area contributed by atoms with Crippen molar-refractivity contribution in [3.05, 3.63) is 52.3 Å². The van der Waals surface area contributed by atoms with Crippen LogP contribution in [0.3, 0.4) is 0 Å². The van der Waals surface area contributed by atoms with Crippen molar-refractivity contribution in [2.45, 2.75) is 71.4 Å². The van der Waals surface area contributed by atoms with E-state index in [0.29, 0.717) is 11.2 Å². The summed E-state index contributed by atoms with van der Waals surface area (Å²) >= 11 is -1.36. The number of rotatable bonds is 6. The summed E-state index contributed by atoms with van der Waals surface area (Å²) in [6.07, 6.45) is 14.7. The van der Waals surface area contributed by atoms with Crippen LogP contribution < -0.4 is 0 Å². The summed E-state index contributed by atoms with van der Waals surface area (Å²) in [6.45, 7) is 14.9. The Morgan fingerprint density at radius 3 is 1.66 bits per heavy atom. The summed E-state index contributed by atoms with van der Waals surface area (Å²) < 4.78 is 1.84. The van der Waals surface area contributed by atoms with E-state index in [1.807, 2.05) is 30.7 Å². The number of likely N-dealkylation sites (N-methyl/N-ethyl adjacent to an activating group) is 2. The second-order valence-corrected chi connectivity index (χ2v) is 16.0. The van der Waals surface area contributed by atoms with E-state index in [1.54, 1.807) is 13.8 Å². The maximum atomic E-state index is 11.5. The first kappa shape index (κ1) is 36.7. The third kappa shape index (κ3) is 11.2. The van der Waals surface area contributed by atoms with Crippen LogP contribution in [0.25, 0.3) is 0 Å². The molecule has 2 saturated heterocycles. The zero-order chi connectivity index (χ0) is 25.2. The summed E-state index contributed by atoms with van der Waals surface area (Å²) in [6, 6.07) is 0.268. The van der Waals surface area contributed by atoms with Crippen molar-refractivity contribution >= 4 is 35.6 Å². The SMILES string of the molecule is C=CCC1(CC=C)C[C@@H](C(C)=O)N(C)C1.CC(=O)[C@@H]1CC2(CC=CC2)CN1C.C[CH]=[Ru]([Cl])[Cl].[CH3-].[CH3-]. The quantitative estimate of drug-likeness (QED) is 0.190. The Bertz CT molecular complexity index is 744. The van der Waals surface area contributed by atoms with Crippen LogP contribution in [0.4, 0.5) is 0 Å². The third-order valence-electron chi connectivity index (χ3n) is 7.00. The van der Waals surface area contributed by atoms with Crippen molar-refractivity contribution in [2.75, 3.05) is 27.2 Å². The van der Waals surface area contributed by atoms with Gasteiger partial charge in [0.25, 0.3) is 0 Å². The normalized spacial score (nSPS) is 24.0. The molecule has 0 bridgehead atoms. The maximum Gasteiger partial charge on any atom is -0.358 e. The number of carbonyl (C=O) groups is 2. The van der Waals surface area contributed by atoms with E-state index >= 15 is 0 Å². The molecule has 0 aromatic heterocycles. The van der Waals surface area contributed by atoms with Crippen molar-refractivity contribution in [2.24, 2.45) is 10.8 Å². The number of allylic oxidation sites excluding steroid dienone is 4. The molecule has 0 aromatic rings. The molecule has 0 N–H and O–H groups in total. The van der Waals surface area contributed by atoms with Gasteiger partial charge in [-0.05, 0) is 77.3 Å². The summed E-state index contributed by atoms with van der Waals surface area (Å²) in [4.78, 5) is 27.2. The zero-order valence-electron chi connectivity index (χ0n) is 22.9. The second kappa shape index (κ2) is 17.1. The van der Waals surface area contributed by atoms with E-state index in [-0.39, 0.29) is 38.1 Å². The largest absolute Gasteiger partial charge is 0.358 e. The minimum absolute atomic E-state index is 0. The van der Waals surface area contributed by atoms with Crippen LogP contribution in [0.5, 0.6) is 0 Å². The van der Waals surface area contributed by atoms with Crippen molar-refractivity contribution in [3.8, 4) is 0 Å². The number of likely N-dealkylation sites (tertiary alicyclic amines) is 2.